The Morgan fingerprint density at radius 3 is 2.17 bits per heavy atom. The van der Waals surface area contributed by atoms with E-state index in [9.17, 15) is 38.7 Å². The highest BCUT2D eigenvalue weighted by molar-refractivity contribution is 6.38. The van der Waals surface area contributed by atoms with Gasteiger partial charge in [0.05, 0.1) is 12.2 Å². The number of benzene rings is 1. The monoisotopic (exact) mass is 733 g/mol. The molecule has 53 heavy (non-hydrogen) atoms. The topological polar surface area (TPSA) is 217 Å². The summed E-state index contributed by atoms with van der Waals surface area (Å²) in [5.41, 5.74) is 0.691. The highest BCUT2D eigenvalue weighted by Crippen LogP contribution is 2.42. The van der Waals surface area contributed by atoms with E-state index in [0.717, 1.165) is 12.8 Å². The largest absolute Gasteiger partial charge is 0.480 e. The number of carbonyl (C=O) groups excluding carboxylic acids is 6. The van der Waals surface area contributed by atoms with Crippen molar-refractivity contribution in [2.24, 2.45) is 23.7 Å². The van der Waals surface area contributed by atoms with Gasteiger partial charge in [0.1, 0.15) is 29.9 Å². The summed E-state index contributed by atoms with van der Waals surface area (Å²) in [4.78, 5) is 103. The van der Waals surface area contributed by atoms with Gasteiger partial charge in [-0.3, -0.25) is 33.8 Å². The second-order valence-electron chi connectivity index (χ2n) is 14.6. The van der Waals surface area contributed by atoms with Crippen LogP contribution in [0.4, 0.5) is 0 Å². The van der Waals surface area contributed by atoms with E-state index in [0.29, 0.717) is 18.4 Å². The highest BCUT2D eigenvalue weighted by Gasteiger charge is 2.51. The van der Waals surface area contributed by atoms with Crippen LogP contribution in [-0.4, -0.2) is 98.0 Å². The zero-order valence-corrected chi connectivity index (χ0v) is 30.9. The number of amides is 5. The first-order valence-electron chi connectivity index (χ1n) is 18.3. The van der Waals surface area contributed by atoms with Crippen molar-refractivity contribution in [3.05, 3.63) is 60.2 Å². The molecule has 2 fully saturated rings. The van der Waals surface area contributed by atoms with E-state index in [1.54, 1.807) is 65.0 Å². The quantitative estimate of drug-likeness (QED) is 0.148. The van der Waals surface area contributed by atoms with Crippen LogP contribution in [0.2, 0.25) is 0 Å². The van der Waals surface area contributed by atoms with E-state index < -0.39 is 77.4 Å². The van der Waals surface area contributed by atoms with Gasteiger partial charge in [-0.25, -0.2) is 9.78 Å². The van der Waals surface area contributed by atoms with Crippen LogP contribution in [0.1, 0.15) is 82.8 Å². The Bertz CT molecular complexity index is 1640. The van der Waals surface area contributed by atoms with Crippen LogP contribution in [0.25, 0.3) is 0 Å². The van der Waals surface area contributed by atoms with Crippen LogP contribution in [-0.2, 0) is 35.2 Å². The number of hydrogen-bond donors (Lipinski definition) is 5. The third-order valence-electron chi connectivity index (χ3n) is 10.0. The van der Waals surface area contributed by atoms with Gasteiger partial charge in [-0.05, 0) is 48.5 Å². The average Bonchev–Trinajstić information content (AvgIpc) is 3.74. The lowest BCUT2D eigenvalue weighted by molar-refractivity contribution is -0.146. The Morgan fingerprint density at radius 2 is 1.57 bits per heavy atom. The van der Waals surface area contributed by atoms with Crippen molar-refractivity contribution in [3.63, 3.8) is 0 Å². The molecule has 4 rings (SSSR count). The molecular formula is C38H51N7O8. The Hall–Kier alpha value is -5.21. The summed E-state index contributed by atoms with van der Waals surface area (Å²) < 4.78 is 0. The molecule has 0 spiro atoms. The average molecular weight is 734 g/mol. The number of aromatic nitrogens is 2. The lowest BCUT2D eigenvalue weighted by atomic mass is 9.92. The van der Waals surface area contributed by atoms with E-state index in [1.165, 1.54) is 23.5 Å². The minimum atomic E-state index is -1.37. The van der Waals surface area contributed by atoms with Crippen LogP contribution >= 0.6 is 0 Å². The molecule has 15 nitrogen and oxygen atoms in total. The molecule has 2 heterocycles. The third kappa shape index (κ3) is 10.2. The predicted octanol–water partition coefficient (Wildman–Crippen LogP) is 1.67. The number of nitrogens with one attached hydrogen (secondary N) is 4. The molecule has 2 aromatic rings. The zero-order valence-electron chi connectivity index (χ0n) is 30.9. The van der Waals surface area contributed by atoms with Gasteiger partial charge in [-0.1, -0.05) is 77.8 Å². The van der Waals surface area contributed by atoms with Gasteiger partial charge in [-0.2, -0.15) is 0 Å². The number of carboxylic acids is 1. The van der Waals surface area contributed by atoms with Gasteiger partial charge >= 0.3 is 5.97 Å². The van der Waals surface area contributed by atoms with Crippen molar-refractivity contribution in [3.8, 4) is 0 Å². The molecular weight excluding hydrogens is 682 g/mol. The molecule has 5 N–H and O–H groups in total. The minimum Gasteiger partial charge on any atom is -0.480 e. The lowest BCUT2D eigenvalue weighted by Gasteiger charge is -2.34. The van der Waals surface area contributed by atoms with Crippen molar-refractivity contribution in [1.82, 2.24) is 36.1 Å². The maximum Gasteiger partial charge on any atom is 0.326 e. The minimum absolute atomic E-state index is 0.0332. The second-order valence-corrected chi connectivity index (χ2v) is 14.6. The number of aliphatic carboxylic acids is 1. The van der Waals surface area contributed by atoms with Crippen LogP contribution in [0.5, 0.6) is 0 Å². The fourth-order valence-electron chi connectivity index (χ4n) is 7.22. The standard InChI is InChI=1S/C38H51N7O8/c1-6-11-26(32(46)36(50)42-27(38(52)53)18-23-12-8-7-9-13-23)41-35(49)31-25-15-10-14-24(25)20-45(31)37(51)30(22(4)5)44-34(48)29(21(2)3)43-33(47)28-19-39-16-17-40-28/h7-9,12-13,16-17,19,21-22,24-27,29-31H,6,10-11,14-15,18,20H2,1-5H3,(H,41,49)(H,42,50)(H,43,47)(H,44,48)(H,52,53)/t24-,25-,26+,27-,29-,30-,31-/m0/s1. The molecule has 0 radical (unpaired) electrons. The molecule has 1 aromatic carbocycles. The Balaban J connectivity index is 1.50. The van der Waals surface area contributed by atoms with Crippen molar-refractivity contribution in [2.45, 2.75) is 103 Å². The number of rotatable bonds is 17. The number of ketones is 1. The first-order chi connectivity index (χ1) is 25.2. The first kappa shape index (κ1) is 40.6. The molecule has 7 atom stereocenters. The van der Waals surface area contributed by atoms with E-state index in [2.05, 4.69) is 31.2 Å². The van der Waals surface area contributed by atoms with Crippen molar-refractivity contribution in [1.29, 1.82) is 0 Å². The van der Waals surface area contributed by atoms with Crippen LogP contribution in [0, 0.1) is 23.7 Å². The summed E-state index contributed by atoms with van der Waals surface area (Å²) in [7, 11) is 0. The zero-order chi connectivity index (χ0) is 38.8. The normalized spacial score (nSPS) is 20.1. The molecule has 1 saturated carbocycles. The molecule has 1 saturated heterocycles. The predicted molar refractivity (Wildman–Crippen MR) is 193 cm³/mol. The molecule has 0 bridgehead atoms. The molecule has 0 unspecified atom stereocenters. The Kier molecular flexibility index (Phi) is 14.2. The van der Waals surface area contributed by atoms with Crippen LogP contribution in [0.15, 0.2) is 48.9 Å². The van der Waals surface area contributed by atoms with E-state index in [4.69, 9.17) is 0 Å². The maximum absolute atomic E-state index is 14.3. The van der Waals surface area contributed by atoms with Gasteiger partial charge in [0, 0.05) is 25.4 Å². The maximum atomic E-state index is 14.3. The van der Waals surface area contributed by atoms with Crippen molar-refractivity contribution < 1.29 is 38.7 Å². The van der Waals surface area contributed by atoms with E-state index >= 15 is 0 Å². The Morgan fingerprint density at radius 1 is 0.868 bits per heavy atom. The number of Topliss-reactive ketones (excluding diaryl/α,β-unsaturated/α-hetero) is 1. The molecule has 1 aliphatic carbocycles. The summed E-state index contributed by atoms with van der Waals surface area (Å²) in [5, 5.41) is 20.3. The molecule has 1 aliphatic heterocycles. The number of nitrogens with zero attached hydrogens (tertiary/aromatic N) is 3. The molecule has 2 aliphatic rings. The number of carboxylic acid groups (broad SMARTS) is 1. The smallest absolute Gasteiger partial charge is 0.326 e. The van der Waals surface area contributed by atoms with Gasteiger partial charge in [-0.15, -0.1) is 0 Å². The first-order valence-corrected chi connectivity index (χ1v) is 18.3. The fourth-order valence-corrected chi connectivity index (χ4v) is 7.22. The number of fused-ring (bicyclic) bond motifs is 1. The Labute approximate surface area is 309 Å². The number of likely N-dealkylation sites (tertiary alicyclic amines) is 1. The van der Waals surface area contributed by atoms with Gasteiger partial charge in [0.25, 0.3) is 11.8 Å². The molecule has 15 heteroatoms. The van der Waals surface area contributed by atoms with E-state index in [1.807, 2.05) is 0 Å². The number of hydrogen-bond acceptors (Lipinski definition) is 9. The van der Waals surface area contributed by atoms with Gasteiger partial charge in [0.2, 0.25) is 23.5 Å². The highest BCUT2D eigenvalue weighted by atomic mass is 16.4. The van der Waals surface area contributed by atoms with Crippen molar-refractivity contribution in [2.75, 3.05) is 6.54 Å². The summed E-state index contributed by atoms with van der Waals surface area (Å²) in [6, 6.07) is 3.07. The third-order valence-corrected chi connectivity index (χ3v) is 10.0. The summed E-state index contributed by atoms with van der Waals surface area (Å²) in [6.45, 7) is 9.13. The van der Waals surface area contributed by atoms with Crippen LogP contribution < -0.4 is 21.3 Å². The van der Waals surface area contributed by atoms with E-state index in [-0.39, 0.29) is 42.8 Å². The molecule has 286 valence electrons. The SMILES string of the molecule is CCC[C@@H](NC(=O)[C@@H]1[C@H]2CCC[C@H]2CN1C(=O)[C@@H](NC(=O)[C@@H](NC(=O)c1cnccn1)C(C)C)C(C)C)C(=O)C(=O)N[C@@H](Cc1ccccc1)C(=O)O. The van der Waals surface area contributed by atoms with Gasteiger partial charge in [0.15, 0.2) is 0 Å². The summed E-state index contributed by atoms with van der Waals surface area (Å²) >= 11 is 0. The van der Waals surface area contributed by atoms with Gasteiger partial charge < -0.3 is 31.3 Å². The molecule has 1 aromatic heterocycles. The fraction of sp³-hybridized carbons (Fsp3) is 0.553. The van der Waals surface area contributed by atoms with Crippen molar-refractivity contribution >= 4 is 41.3 Å². The lowest BCUT2D eigenvalue weighted by Crippen LogP contribution is -2.60. The summed E-state index contributed by atoms with van der Waals surface area (Å²) in [6.07, 6.45) is 6.93. The second kappa shape index (κ2) is 18.5. The molecule has 5 amide bonds. The summed E-state index contributed by atoms with van der Waals surface area (Å²) in [5.74, 6) is -6.53. The van der Waals surface area contributed by atoms with Crippen LogP contribution in [0.3, 0.4) is 0 Å². The number of carbonyl (C=O) groups is 7.